The molecule has 0 fully saturated rings. The lowest BCUT2D eigenvalue weighted by atomic mass is 9.93. The van der Waals surface area contributed by atoms with E-state index < -0.39 is 0 Å². The first-order chi connectivity index (χ1) is 8.50. The van der Waals surface area contributed by atoms with E-state index in [1.807, 2.05) is 12.6 Å². The largest absolute Gasteiger partial charge is 0.311 e. The monoisotopic (exact) mass is 281 g/mol. The minimum atomic E-state index is 0.129. The van der Waals surface area contributed by atoms with Gasteiger partial charge in [0, 0.05) is 22.6 Å². The Hall–Kier alpha value is -0.780. The van der Waals surface area contributed by atoms with Crippen LogP contribution < -0.4 is 5.32 Å². The van der Waals surface area contributed by atoms with Crippen LogP contribution in [0.5, 0.6) is 0 Å². The summed E-state index contributed by atoms with van der Waals surface area (Å²) in [6.45, 7) is 6.59. The number of thiazole rings is 2. The van der Waals surface area contributed by atoms with Crippen LogP contribution in [0.1, 0.15) is 43.2 Å². The molecule has 0 saturated carbocycles. The van der Waals surface area contributed by atoms with E-state index in [-0.39, 0.29) is 11.5 Å². The summed E-state index contributed by atoms with van der Waals surface area (Å²) in [5.41, 5.74) is 4.29. The van der Waals surface area contributed by atoms with E-state index in [1.165, 1.54) is 10.7 Å². The molecule has 0 spiro atoms. The number of likely N-dealkylation sites (N-methyl/N-ethyl adjacent to an activating group) is 1. The Labute approximate surface area is 116 Å². The smallest absolute Gasteiger partial charge is 0.0948 e. The molecule has 0 amide bonds. The van der Waals surface area contributed by atoms with E-state index in [4.69, 9.17) is 4.98 Å². The molecule has 0 aromatic carbocycles. The first-order valence-electron chi connectivity index (χ1n) is 6.01. The predicted molar refractivity (Wildman–Crippen MR) is 78.4 cm³/mol. The van der Waals surface area contributed by atoms with Crippen LogP contribution in [-0.4, -0.2) is 17.0 Å². The van der Waals surface area contributed by atoms with Gasteiger partial charge in [-0.25, -0.2) is 9.97 Å². The highest BCUT2D eigenvalue weighted by Crippen LogP contribution is 2.26. The van der Waals surface area contributed by atoms with Gasteiger partial charge in [-0.3, -0.25) is 0 Å². The fourth-order valence-electron chi connectivity index (χ4n) is 1.67. The lowest BCUT2D eigenvalue weighted by Crippen LogP contribution is -2.19. The first-order valence-corrected chi connectivity index (χ1v) is 7.83. The third kappa shape index (κ3) is 3.16. The van der Waals surface area contributed by atoms with Crippen LogP contribution in [0.4, 0.5) is 0 Å². The standard InChI is InChI=1S/C13H19N3S2/c1-13(2,3)11-7-18-12(16-11)5-9(14-4)10-6-17-8-15-10/h6-9,14H,5H2,1-4H3. The van der Waals surface area contributed by atoms with Crippen LogP contribution in [0.3, 0.4) is 0 Å². The summed E-state index contributed by atoms with van der Waals surface area (Å²) < 4.78 is 0. The minimum absolute atomic E-state index is 0.129. The number of aromatic nitrogens is 2. The molecule has 0 aliphatic heterocycles. The molecule has 0 aliphatic carbocycles. The first kappa shape index (κ1) is 13.6. The van der Waals surface area contributed by atoms with Crippen LogP contribution in [0, 0.1) is 0 Å². The Morgan fingerprint density at radius 3 is 2.61 bits per heavy atom. The lowest BCUT2D eigenvalue weighted by Gasteiger charge is -2.15. The second-order valence-corrected chi connectivity index (χ2v) is 7.00. The van der Waals surface area contributed by atoms with Gasteiger partial charge in [0.15, 0.2) is 0 Å². The maximum Gasteiger partial charge on any atom is 0.0948 e. The van der Waals surface area contributed by atoms with E-state index in [0.29, 0.717) is 0 Å². The quantitative estimate of drug-likeness (QED) is 0.933. The number of nitrogens with zero attached hydrogens (tertiary/aromatic N) is 2. The maximum absolute atomic E-state index is 4.73. The third-order valence-electron chi connectivity index (χ3n) is 2.86. The molecule has 1 atom stereocenters. The molecular formula is C13H19N3S2. The Morgan fingerprint density at radius 2 is 2.11 bits per heavy atom. The molecule has 0 radical (unpaired) electrons. The van der Waals surface area contributed by atoms with Gasteiger partial charge >= 0.3 is 0 Å². The second kappa shape index (κ2) is 5.47. The Balaban J connectivity index is 2.11. The summed E-state index contributed by atoms with van der Waals surface area (Å²) >= 11 is 3.38. The molecule has 1 N–H and O–H groups in total. The van der Waals surface area contributed by atoms with Gasteiger partial charge in [-0.2, -0.15) is 0 Å². The van der Waals surface area contributed by atoms with Crippen molar-refractivity contribution in [2.24, 2.45) is 0 Å². The van der Waals surface area contributed by atoms with Crippen LogP contribution in [0.25, 0.3) is 0 Å². The van der Waals surface area contributed by atoms with Crippen LogP contribution in [-0.2, 0) is 11.8 Å². The summed E-state index contributed by atoms with van der Waals surface area (Å²) in [6, 6.07) is 0.259. The zero-order valence-corrected chi connectivity index (χ0v) is 12.9. The zero-order chi connectivity index (χ0) is 13.2. The number of hydrogen-bond donors (Lipinski definition) is 1. The van der Waals surface area contributed by atoms with Gasteiger partial charge in [-0.15, -0.1) is 22.7 Å². The van der Waals surface area contributed by atoms with Crippen molar-refractivity contribution < 1.29 is 0 Å². The summed E-state index contributed by atoms with van der Waals surface area (Å²) in [5, 5.41) is 8.75. The molecule has 0 bridgehead atoms. The van der Waals surface area contributed by atoms with Gasteiger partial charge < -0.3 is 5.32 Å². The van der Waals surface area contributed by atoms with E-state index >= 15 is 0 Å². The molecule has 5 heteroatoms. The molecule has 0 saturated heterocycles. The van der Waals surface area contributed by atoms with Crippen molar-refractivity contribution in [1.82, 2.24) is 15.3 Å². The summed E-state index contributed by atoms with van der Waals surface area (Å²) in [7, 11) is 1.97. The second-order valence-electron chi connectivity index (χ2n) is 5.34. The molecular weight excluding hydrogens is 262 g/mol. The number of hydrogen-bond acceptors (Lipinski definition) is 5. The number of nitrogens with one attached hydrogen (secondary N) is 1. The molecule has 3 nitrogen and oxygen atoms in total. The Morgan fingerprint density at radius 1 is 1.33 bits per heavy atom. The van der Waals surface area contributed by atoms with Gasteiger partial charge in [0.2, 0.25) is 0 Å². The van der Waals surface area contributed by atoms with Gasteiger partial charge in [-0.1, -0.05) is 20.8 Å². The SMILES string of the molecule is CNC(Cc1nc(C(C)(C)C)cs1)c1cscn1. The van der Waals surface area contributed by atoms with Gasteiger partial charge in [0.25, 0.3) is 0 Å². The topological polar surface area (TPSA) is 37.8 Å². The van der Waals surface area contributed by atoms with Gasteiger partial charge in [-0.05, 0) is 7.05 Å². The van der Waals surface area contributed by atoms with E-state index in [0.717, 1.165) is 12.1 Å². The third-order valence-corrected chi connectivity index (χ3v) is 4.33. The van der Waals surface area contributed by atoms with Crippen molar-refractivity contribution in [2.45, 2.75) is 38.6 Å². The van der Waals surface area contributed by atoms with Crippen molar-refractivity contribution in [2.75, 3.05) is 7.05 Å². The van der Waals surface area contributed by atoms with Gasteiger partial charge in [0.1, 0.15) is 0 Å². The molecule has 0 aliphatic rings. The minimum Gasteiger partial charge on any atom is -0.311 e. The molecule has 98 valence electrons. The zero-order valence-electron chi connectivity index (χ0n) is 11.2. The average Bonchev–Trinajstić information content (AvgIpc) is 2.95. The summed E-state index contributed by atoms with van der Waals surface area (Å²) in [5.74, 6) is 0. The normalized spacial score (nSPS) is 13.8. The predicted octanol–water partition coefficient (Wildman–Crippen LogP) is 3.40. The fourth-order valence-corrected chi connectivity index (χ4v) is 3.35. The van der Waals surface area contributed by atoms with Crippen molar-refractivity contribution in [1.29, 1.82) is 0 Å². The summed E-state index contributed by atoms with van der Waals surface area (Å²) in [6.07, 6.45) is 0.904. The van der Waals surface area contributed by atoms with Crippen molar-refractivity contribution in [3.05, 3.63) is 32.7 Å². The van der Waals surface area contributed by atoms with E-state index in [2.05, 4.69) is 41.8 Å². The Bertz CT molecular complexity index is 483. The molecule has 2 heterocycles. The summed E-state index contributed by atoms with van der Waals surface area (Å²) in [4.78, 5) is 9.11. The molecule has 2 aromatic rings. The lowest BCUT2D eigenvalue weighted by molar-refractivity contribution is 0.556. The molecule has 2 aromatic heterocycles. The number of rotatable bonds is 4. The molecule has 18 heavy (non-hydrogen) atoms. The molecule has 2 rings (SSSR count). The van der Waals surface area contributed by atoms with Crippen molar-refractivity contribution in [3.63, 3.8) is 0 Å². The highest BCUT2D eigenvalue weighted by Gasteiger charge is 2.19. The maximum atomic E-state index is 4.73. The average molecular weight is 281 g/mol. The van der Waals surface area contributed by atoms with Crippen molar-refractivity contribution >= 4 is 22.7 Å². The van der Waals surface area contributed by atoms with Crippen LogP contribution >= 0.6 is 22.7 Å². The van der Waals surface area contributed by atoms with Crippen LogP contribution in [0.2, 0.25) is 0 Å². The van der Waals surface area contributed by atoms with Gasteiger partial charge in [0.05, 0.1) is 27.9 Å². The molecule has 1 unspecified atom stereocenters. The Kier molecular flexibility index (Phi) is 4.14. The highest BCUT2D eigenvalue weighted by molar-refractivity contribution is 7.09. The van der Waals surface area contributed by atoms with Crippen molar-refractivity contribution in [3.8, 4) is 0 Å². The van der Waals surface area contributed by atoms with E-state index in [9.17, 15) is 0 Å². The van der Waals surface area contributed by atoms with Crippen LogP contribution in [0.15, 0.2) is 16.3 Å². The fraction of sp³-hybridized carbons (Fsp3) is 0.538. The highest BCUT2D eigenvalue weighted by atomic mass is 32.1. The van der Waals surface area contributed by atoms with E-state index in [1.54, 1.807) is 22.7 Å².